The predicted molar refractivity (Wildman–Crippen MR) is 70.5 cm³/mol. The lowest BCUT2D eigenvalue weighted by atomic mass is 10.00. The Bertz CT molecular complexity index is 667. The van der Waals surface area contributed by atoms with Crippen LogP contribution in [0.15, 0.2) is 36.4 Å². The van der Waals surface area contributed by atoms with E-state index >= 15 is 0 Å². The molecule has 0 amide bonds. The molecule has 0 atom stereocenters. The standard InChI is InChI=1S/C15H10ClFO2/c16-13-8-10(17)4-5-11(13)14(18)12-3-1-2-9-6-7-19-15(9)12/h1-5,8H,6-7H2. The molecule has 0 bridgehead atoms. The second-order valence-electron chi connectivity index (χ2n) is 4.35. The van der Waals surface area contributed by atoms with Gasteiger partial charge in [0, 0.05) is 12.0 Å². The van der Waals surface area contributed by atoms with Crippen LogP contribution in [0.3, 0.4) is 0 Å². The number of benzene rings is 2. The molecule has 0 unspecified atom stereocenters. The van der Waals surface area contributed by atoms with Crippen LogP contribution < -0.4 is 4.74 Å². The molecule has 1 aliphatic heterocycles. The summed E-state index contributed by atoms with van der Waals surface area (Å²) in [7, 11) is 0. The van der Waals surface area contributed by atoms with Crippen molar-refractivity contribution in [2.45, 2.75) is 6.42 Å². The smallest absolute Gasteiger partial charge is 0.198 e. The lowest BCUT2D eigenvalue weighted by molar-refractivity contribution is 0.103. The van der Waals surface area contributed by atoms with Gasteiger partial charge in [0.2, 0.25) is 0 Å². The Morgan fingerprint density at radius 3 is 2.84 bits per heavy atom. The molecule has 0 saturated heterocycles. The lowest BCUT2D eigenvalue weighted by Gasteiger charge is -2.08. The van der Waals surface area contributed by atoms with Crippen molar-refractivity contribution in [3.05, 3.63) is 63.9 Å². The van der Waals surface area contributed by atoms with E-state index < -0.39 is 5.82 Å². The van der Waals surface area contributed by atoms with Crippen LogP contribution in [0.5, 0.6) is 5.75 Å². The molecular weight excluding hydrogens is 267 g/mol. The van der Waals surface area contributed by atoms with E-state index in [0.717, 1.165) is 18.1 Å². The number of ether oxygens (including phenoxy) is 1. The van der Waals surface area contributed by atoms with E-state index in [0.29, 0.717) is 17.9 Å². The van der Waals surface area contributed by atoms with Crippen molar-refractivity contribution in [2.24, 2.45) is 0 Å². The lowest BCUT2D eigenvalue weighted by Crippen LogP contribution is -2.04. The van der Waals surface area contributed by atoms with Gasteiger partial charge in [0.1, 0.15) is 11.6 Å². The Balaban J connectivity index is 2.08. The predicted octanol–water partition coefficient (Wildman–Crippen LogP) is 3.65. The first kappa shape index (κ1) is 12.2. The Labute approximate surface area is 114 Å². The first-order valence-electron chi connectivity index (χ1n) is 5.91. The summed E-state index contributed by atoms with van der Waals surface area (Å²) in [6.07, 6.45) is 0.799. The molecule has 19 heavy (non-hydrogen) atoms. The number of halogens is 2. The molecule has 2 nitrogen and oxygen atoms in total. The number of rotatable bonds is 2. The van der Waals surface area contributed by atoms with Crippen LogP contribution in [0, 0.1) is 5.82 Å². The van der Waals surface area contributed by atoms with Crippen molar-refractivity contribution >= 4 is 17.4 Å². The van der Waals surface area contributed by atoms with Crippen LogP contribution in [-0.4, -0.2) is 12.4 Å². The first-order valence-corrected chi connectivity index (χ1v) is 6.29. The van der Waals surface area contributed by atoms with Gasteiger partial charge in [-0.15, -0.1) is 0 Å². The van der Waals surface area contributed by atoms with Gasteiger partial charge in [-0.25, -0.2) is 4.39 Å². The number of hydrogen-bond acceptors (Lipinski definition) is 2. The van der Waals surface area contributed by atoms with Crippen LogP contribution in [-0.2, 0) is 6.42 Å². The summed E-state index contributed by atoms with van der Waals surface area (Å²) < 4.78 is 18.5. The number of carbonyl (C=O) groups is 1. The molecule has 0 fully saturated rings. The van der Waals surface area contributed by atoms with Crippen molar-refractivity contribution in [3.8, 4) is 5.75 Å². The van der Waals surface area contributed by atoms with E-state index in [4.69, 9.17) is 16.3 Å². The zero-order chi connectivity index (χ0) is 13.4. The third-order valence-electron chi connectivity index (χ3n) is 3.13. The number of ketones is 1. The van der Waals surface area contributed by atoms with Crippen molar-refractivity contribution in [2.75, 3.05) is 6.61 Å². The molecule has 2 aromatic carbocycles. The second kappa shape index (κ2) is 4.67. The average molecular weight is 277 g/mol. The van der Waals surface area contributed by atoms with Gasteiger partial charge in [0.05, 0.1) is 17.2 Å². The van der Waals surface area contributed by atoms with Crippen LogP contribution in [0.2, 0.25) is 5.02 Å². The Morgan fingerprint density at radius 2 is 2.05 bits per heavy atom. The maximum absolute atomic E-state index is 13.0. The topological polar surface area (TPSA) is 26.3 Å². The van der Waals surface area contributed by atoms with E-state index in [1.165, 1.54) is 12.1 Å². The van der Waals surface area contributed by atoms with Gasteiger partial charge in [-0.1, -0.05) is 23.7 Å². The van der Waals surface area contributed by atoms with Crippen LogP contribution in [0.25, 0.3) is 0 Å². The summed E-state index contributed by atoms with van der Waals surface area (Å²) in [5.41, 5.74) is 1.78. The zero-order valence-corrected chi connectivity index (χ0v) is 10.7. The molecular formula is C15H10ClFO2. The summed E-state index contributed by atoms with van der Waals surface area (Å²) in [6.45, 7) is 0.580. The Kier molecular flexibility index (Phi) is 2.99. The highest BCUT2D eigenvalue weighted by Gasteiger charge is 2.22. The maximum atomic E-state index is 13.0. The third-order valence-corrected chi connectivity index (χ3v) is 3.45. The molecule has 0 aromatic heterocycles. The van der Waals surface area contributed by atoms with Gasteiger partial charge >= 0.3 is 0 Å². The SMILES string of the molecule is O=C(c1ccc(F)cc1Cl)c1cccc2c1OCC2. The summed E-state index contributed by atoms with van der Waals surface area (Å²) in [5.74, 6) is -0.0901. The average Bonchev–Trinajstić information content (AvgIpc) is 2.86. The molecule has 0 saturated carbocycles. The minimum atomic E-state index is -0.462. The van der Waals surface area contributed by atoms with Crippen molar-refractivity contribution in [1.29, 1.82) is 0 Å². The van der Waals surface area contributed by atoms with E-state index in [-0.39, 0.29) is 16.4 Å². The van der Waals surface area contributed by atoms with Crippen molar-refractivity contribution in [1.82, 2.24) is 0 Å². The molecule has 0 aliphatic carbocycles. The van der Waals surface area contributed by atoms with Gasteiger partial charge < -0.3 is 4.74 Å². The molecule has 3 rings (SSSR count). The van der Waals surface area contributed by atoms with E-state index in [2.05, 4.69) is 0 Å². The molecule has 1 aliphatic rings. The molecule has 2 aromatic rings. The quantitative estimate of drug-likeness (QED) is 0.783. The molecule has 0 spiro atoms. The summed E-state index contributed by atoms with van der Waals surface area (Å²) >= 11 is 5.92. The first-order chi connectivity index (χ1) is 9.16. The van der Waals surface area contributed by atoms with Gasteiger partial charge in [-0.3, -0.25) is 4.79 Å². The highest BCUT2D eigenvalue weighted by atomic mass is 35.5. The monoisotopic (exact) mass is 276 g/mol. The largest absolute Gasteiger partial charge is 0.492 e. The van der Waals surface area contributed by atoms with Crippen LogP contribution >= 0.6 is 11.6 Å². The van der Waals surface area contributed by atoms with Gasteiger partial charge in [-0.2, -0.15) is 0 Å². The van der Waals surface area contributed by atoms with Crippen LogP contribution in [0.1, 0.15) is 21.5 Å². The zero-order valence-electron chi connectivity index (χ0n) is 9.95. The van der Waals surface area contributed by atoms with Gasteiger partial charge in [0.25, 0.3) is 0 Å². The Morgan fingerprint density at radius 1 is 1.21 bits per heavy atom. The fourth-order valence-corrected chi connectivity index (χ4v) is 2.47. The van der Waals surface area contributed by atoms with Crippen molar-refractivity contribution < 1.29 is 13.9 Å². The fraction of sp³-hybridized carbons (Fsp3) is 0.133. The number of para-hydroxylation sites is 1. The molecule has 96 valence electrons. The highest BCUT2D eigenvalue weighted by Crippen LogP contribution is 2.32. The minimum absolute atomic E-state index is 0.112. The highest BCUT2D eigenvalue weighted by molar-refractivity contribution is 6.35. The minimum Gasteiger partial charge on any atom is -0.492 e. The third kappa shape index (κ3) is 2.10. The van der Waals surface area contributed by atoms with E-state index in [9.17, 15) is 9.18 Å². The molecule has 0 N–H and O–H groups in total. The van der Waals surface area contributed by atoms with Crippen LogP contribution in [0.4, 0.5) is 4.39 Å². The fourth-order valence-electron chi connectivity index (χ4n) is 2.21. The number of fused-ring (bicyclic) bond motifs is 1. The number of carbonyl (C=O) groups excluding carboxylic acids is 1. The maximum Gasteiger partial charge on any atom is 0.198 e. The molecule has 4 heteroatoms. The van der Waals surface area contributed by atoms with Gasteiger partial charge in [0.15, 0.2) is 5.78 Å². The Hall–Kier alpha value is -1.87. The summed E-state index contributed by atoms with van der Waals surface area (Å²) in [4.78, 5) is 12.5. The molecule has 1 heterocycles. The summed E-state index contributed by atoms with van der Waals surface area (Å²) in [5, 5.41) is 0.112. The van der Waals surface area contributed by atoms with E-state index in [1.54, 1.807) is 6.07 Å². The van der Waals surface area contributed by atoms with Gasteiger partial charge in [-0.05, 0) is 29.8 Å². The second-order valence-corrected chi connectivity index (χ2v) is 4.75. The number of hydrogen-bond donors (Lipinski definition) is 0. The molecule has 0 radical (unpaired) electrons. The van der Waals surface area contributed by atoms with E-state index in [1.807, 2.05) is 12.1 Å². The summed E-state index contributed by atoms with van der Waals surface area (Å²) in [6, 6.07) is 9.21. The normalized spacial score (nSPS) is 12.9. The van der Waals surface area contributed by atoms with Crippen molar-refractivity contribution in [3.63, 3.8) is 0 Å².